The zero-order chi connectivity index (χ0) is 20.4. The van der Waals surface area contributed by atoms with E-state index >= 15 is 0 Å². The molecule has 0 radical (unpaired) electrons. The Labute approximate surface area is 169 Å². The molecule has 0 bridgehead atoms. The van der Waals surface area contributed by atoms with Gasteiger partial charge in [-0.2, -0.15) is 0 Å². The number of rotatable bonds is 6. The van der Waals surface area contributed by atoms with Gasteiger partial charge in [0.1, 0.15) is 0 Å². The summed E-state index contributed by atoms with van der Waals surface area (Å²) in [5, 5.41) is 14.7. The molecule has 1 aliphatic carbocycles. The number of carbonyl (C=O) groups is 1. The van der Waals surface area contributed by atoms with Crippen molar-refractivity contribution in [3.63, 3.8) is 0 Å². The highest BCUT2D eigenvalue weighted by atomic mass is 16.6. The standard InChI is InChI=1S/C23H24N2O4/c1-2-3-12-29-23(26)16-10-11-21-20(14-16)18-8-5-9-19(18)22(24-21)15-6-4-7-17(13-15)25(27)28/h4-8,10-11,13-14,18-19,22,24H,2-3,9,12H2,1H3/t18-,19+,22+/m1/s1. The van der Waals surface area contributed by atoms with E-state index in [1.54, 1.807) is 18.2 Å². The Hall–Kier alpha value is -3.15. The molecule has 0 saturated carbocycles. The van der Waals surface area contributed by atoms with Crippen molar-refractivity contribution in [2.24, 2.45) is 5.92 Å². The van der Waals surface area contributed by atoms with Gasteiger partial charge >= 0.3 is 5.97 Å². The maximum Gasteiger partial charge on any atom is 0.338 e. The molecule has 0 unspecified atom stereocenters. The number of unbranched alkanes of at least 4 members (excludes halogenated alkanes) is 1. The van der Waals surface area contributed by atoms with Crippen LogP contribution in [0.2, 0.25) is 0 Å². The van der Waals surface area contributed by atoms with Gasteiger partial charge in [-0.25, -0.2) is 4.79 Å². The molecule has 4 rings (SSSR count). The van der Waals surface area contributed by atoms with Gasteiger partial charge in [-0.1, -0.05) is 37.6 Å². The first-order chi connectivity index (χ1) is 14.1. The summed E-state index contributed by atoms with van der Waals surface area (Å²) in [4.78, 5) is 23.2. The molecule has 1 N–H and O–H groups in total. The lowest BCUT2D eigenvalue weighted by Gasteiger charge is -2.37. The third-order valence-electron chi connectivity index (χ3n) is 5.77. The molecular formula is C23H24N2O4. The molecule has 3 atom stereocenters. The number of nitrogens with zero attached hydrogens (tertiary/aromatic N) is 1. The minimum absolute atomic E-state index is 0.0234. The van der Waals surface area contributed by atoms with Crippen molar-refractivity contribution < 1.29 is 14.5 Å². The second-order valence-electron chi connectivity index (χ2n) is 7.62. The van der Waals surface area contributed by atoms with Crippen molar-refractivity contribution >= 4 is 17.3 Å². The predicted octanol–water partition coefficient (Wildman–Crippen LogP) is 5.38. The smallest absolute Gasteiger partial charge is 0.338 e. The first-order valence-corrected chi connectivity index (χ1v) is 10.1. The van der Waals surface area contributed by atoms with E-state index in [9.17, 15) is 14.9 Å². The Morgan fingerprint density at radius 3 is 2.93 bits per heavy atom. The predicted molar refractivity (Wildman–Crippen MR) is 111 cm³/mol. The lowest BCUT2D eigenvalue weighted by molar-refractivity contribution is -0.384. The van der Waals surface area contributed by atoms with Gasteiger partial charge in [-0.05, 0) is 48.1 Å². The molecule has 0 saturated heterocycles. The van der Waals surface area contributed by atoms with Crippen LogP contribution in [0.1, 0.15) is 59.6 Å². The van der Waals surface area contributed by atoms with E-state index < -0.39 is 0 Å². The summed E-state index contributed by atoms with van der Waals surface area (Å²) in [6, 6.07) is 12.4. The average molecular weight is 392 g/mol. The third kappa shape index (κ3) is 3.75. The summed E-state index contributed by atoms with van der Waals surface area (Å²) in [6.45, 7) is 2.49. The van der Waals surface area contributed by atoms with Crippen LogP contribution in [0, 0.1) is 16.0 Å². The van der Waals surface area contributed by atoms with Crippen molar-refractivity contribution in [3.05, 3.63) is 81.4 Å². The lowest BCUT2D eigenvalue weighted by Crippen LogP contribution is -2.29. The van der Waals surface area contributed by atoms with Crippen LogP contribution in [-0.4, -0.2) is 17.5 Å². The molecule has 0 fully saturated rings. The second kappa shape index (κ2) is 8.07. The Morgan fingerprint density at radius 1 is 1.28 bits per heavy atom. The van der Waals surface area contributed by atoms with Gasteiger partial charge in [0.25, 0.3) is 5.69 Å². The number of carbonyl (C=O) groups excluding carboxylic acids is 1. The molecule has 29 heavy (non-hydrogen) atoms. The highest BCUT2D eigenvalue weighted by Crippen LogP contribution is 2.50. The first-order valence-electron chi connectivity index (χ1n) is 10.1. The highest BCUT2D eigenvalue weighted by molar-refractivity contribution is 5.90. The molecule has 6 nitrogen and oxygen atoms in total. The molecule has 2 aliphatic rings. The normalized spacial score (nSPS) is 21.8. The Kier molecular flexibility index (Phi) is 5.34. The largest absolute Gasteiger partial charge is 0.462 e. The van der Waals surface area contributed by atoms with Crippen LogP contribution < -0.4 is 5.32 Å². The summed E-state index contributed by atoms with van der Waals surface area (Å²) in [5.74, 6) is 0.121. The average Bonchev–Trinajstić information content (AvgIpc) is 3.23. The minimum atomic E-state index is -0.360. The topological polar surface area (TPSA) is 81.5 Å². The minimum Gasteiger partial charge on any atom is -0.462 e. The number of hydrogen-bond acceptors (Lipinski definition) is 5. The molecule has 2 aromatic rings. The molecule has 0 amide bonds. The van der Waals surface area contributed by atoms with Crippen LogP contribution >= 0.6 is 0 Å². The number of esters is 1. The highest BCUT2D eigenvalue weighted by Gasteiger charge is 2.38. The lowest BCUT2D eigenvalue weighted by atomic mass is 9.76. The van der Waals surface area contributed by atoms with Crippen LogP contribution in [-0.2, 0) is 4.74 Å². The molecule has 0 aromatic heterocycles. The number of allylic oxidation sites excluding steroid dienone is 2. The molecule has 0 spiro atoms. The van der Waals surface area contributed by atoms with Gasteiger partial charge in [0.2, 0.25) is 0 Å². The number of anilines is 1. The number of hydrogen-bond donors (Lipinski definition) is 1. The van der Waals surface area contributed by atoms with Crippen molar-refractivity contribution in [1.82, 2.24) is 0 Å². The monoisotopic (exact) mass is 392 g/mol. The molecule has 2 aromatic carbocycles. The summed E-state index contributed by atoms with van der Waals surface area (Å²) < 4.78 is 5.36. The Bertz CT molecular complexity index is 969. The van der Waals surface area contributed by atoms with E-state index in [2.05, 4.69) is 24.4 Å². The van der Waals surface area contributed by atoms with Crippen molar-refractivity contribution in [2.75, 3.05) is 11.9 Å². The van der Waals surface area contributed by atoms with E-state index in [4.69, 9.17) is 4.74 Å². The Morgan fingerprint density at radius 2 is 2.14 bits per heavy atom. The fraction of sp³-hybridized carbons (Fsp3) is 0.348. The third-order valence-corrected chi connectivity index (χ3v) is 5.77. The van der Waals surface area contributed by atoms with Crippen LogP contribution in [0.4, 0.5) is 11.4 Å². The quantitative estimate of drug-likeness (QED) is 0.235. The number of nitro groups is 1. The zero-order valence-corrected chi connectivity index (χ0v) is 16.3. The van der Waals surface area contributed by atoms with E-state index in [0.717, 1.165) is 36.1 Å². The van der Waals surface area contributed by atoms with Gasteiger partial charge in [0.15, 0.2) is 0 Å². The van der Waals surface area contributed by atoms with Crippen LogP contribution in [0.5, 0.6) is 0 Å². The summed E-state index contributed by atoms with van der Waals surface area (Å²) in [7, 11) is 0. The summed E-state index contributed by atoms with van der Waals surface area (Å²) in [6.07, 6.45) is 7.06. The van der Waals surface area contributed by atoms with Crippen molar-refractivity contribution in [3.8, 4) is 0 Å². The van der Waals surface area contributed by atoms with Gasteiger partial charge in [-0.15, -0.1) is 0 Å². The summed E-state index contributed by atoms with van der Waals surface area (Å²) >= 11 is 0. The maximum atomic E-state index is 12.4. The van der Waals surface area contributed by atoms with Crippen LogP contribution in [0.15, 0.2) is 54.6 Å². The van der Waals surface area contributed by atoms with Gasteiger partial charge < -0.3 is 10.1 Å². The van der Waals surface area contributed by atoms with Gasteiger partial charge in [0, 0.05) is 23.7 Å². The number of nitro benzene ring substituents is 1. The van der Waals surface area contributed by atoms with E-state index in [1.165, 1.54) is 6.07 Å². The van der Waals surface area contributed by atoms with Gasteiger partial charge in [0.05, 0.1) is 23.1 Å². The van der Waals surface area contributed by atoms with E-state index in [-0.39, 0.29) is 34.5 Å². The molecule has 6 heteroatoms. The Balaban J connectivity index is 1.63. The fourth-order valence-corrected chi connectivity index (χ4v) is 4.28. The molecule has 1 aliphatic heterocycles. The fourth-order valence-electron chi connectivity index (χ4n) is 4.28. The first kappa shape index (κ1) is 19.2. The maximum absolute atomic E-state index is 12.4. The molecule has 150 valence electrons. The van der Waals surface area contributed by atoms with Crippen LogP contribution in [0.3, 0.4) is 0 Å². The molecule has 1 heterocycles. The summed E-state index contributed by atoms with van der Waals surface area (Å²) in [5.41, 5.74) is 3.61. The number of fused-ring (bicyclic) bond motifs is 3. The van der Waals surface area contributed by atoms with Gasteiger partial charge in [-0.3, -0.25) is 10.1 Å². The zero-order valence-electron chi connectivity index (χ0n) is 16.3. The number of ether oxygens (including phenoxy) is 1. The number of non-ortho nitro benzene ring substituents is 1. The van der Waals surface area contributed by atoms with E-state index in [1.807, 2.05) is 18.2 Å². The van der Waals surface area contributed by atoms with Crippen molar-refractivity contribution in [1.29, 1.82) is 0 Å². The van der Waals surface area contributed by atoms with Crippen LogP contribution in [0.25, 0.3) is 0 Å². The SMILES string of the molecule is CCCCOC(=O)c1ccc2c(c1)[C@@H]1C=CC[C@@H]1[C@H](c1cccc([N+](=O)[O-])c1)N2. The number of nitrogens with one attached hydrogen (secondary N) is 1. The number of benzene rings is 2. The van der Waals surface area contributed by atoms with Crippen molar-refractivity contribution in [2.45, 2.75) is 38.1 Å². The molecular weight excluding hydrogens is 368 g/mol. The second-order valence-corrected chi connectivity index (χ2v) is 7.62. The van der Waals surface area contributed by atoms with E-state index in [0.29, 0.717) is 12.2 Å².